The van der Waals surface area contributed by atoms with Gasteiger partial charge in [0.2, 0.25) is 0 Å². The normalized spacial score (nSPS) is 21.1. The summed E-state index contributed by atoms with van der Waals surface area (Å²) in [6, 6.07) is 0. The van der Waals surface area contributed by atoms with Crippen LogP contribution in [0.25, 0.3) is 0 Å². The van der Waals surface area contributed by atoms with E-state index in [4.69, 9.17) is 5.84 Å². The van der Waals surface area contributed by atoms with Crippen molar-refractivity contribution in [2.45, 2.75) is 18.9 Å². The fourth-order valence-corrected chi connectivity index (χ4v) is 0.944. The van der Waals surface area contributed by atoms with Crippen LogP contribution in [0.2, 0.25) is 0 Å². The summed E-state index contributed by atoms with van der Waals surface area (Å²) in [5.74, 6) is 5.33. The van der Waals surface area contributed by atoms with Gasteiger partial charge in [-0.25, -0.2) is 5.43 Å². The standard InChI is InChI=1S/C7H12N2/c1-2-7(9-8)5-3-4-6-7/h3-6,9H,2,8H2,1H3. The van der Waals surface area contributed by atoms with Gasteiger partial charge in [-0.2, -0.15) is 0 Å². The van der Waals surface area contributed by atoms with E-state index < -0.39 is 0 Å². The van der Waals surface area contributed by atoms with Crippen LogP contribution >= 0.6 is 0 Å². The quantitative estimate of drug-likeness (QED) is 0.420. The number of hydrogen-bond acceptors (Lipinski definition) is 2. The largest absolute Gasteiger partial charge is 0.270 e. The summed E-state index contributed by atoms with van der Waals surface area (Å²) in [4.78, 5) is 0. The van der Waals surface area contributed by atoms with Gasteiger partial charge >= 0.3 is 0 Å². The molecule has 0 atom stereocenters. The third-order valence-corrected chi connectivity index (χ3v) is 1.75. The van der Waals surface area contributed by atoms with Crippen molar-refractivity contribution < 1.29 is 0 Å². The zero-order valence-electron chi connectivity index (χ0n) is 5.59. The Morgan fingerprint density at radius 3 is 2.22 bits per heavy atom. The molecule has 0 saturated carbocycles. The zero-order valence-corrected chi connectivity index (χ0v) is 5.59. The van der Waals surface area contributed by atoms with E-state index in [1.165, 1.54) is 0 Å². The Morgan fingerprint density at radius 2 is 2.00 bits per heavy atom. The van der Waals surface area contributed by atoms with Crippen LogP contribution in [0.4, 0.5) is 0 Å². The van der Waals surface area contributed by atoms with E-state index in [2.05, 4.69) is 24.5 Å². The van der Waals surface area contributed by atoms with Crippen LogP contribution in [0.3, 0.4) is 0 Å². The molecule has 1 rings (SSSR count). The van der Waals surface area contributed by atoms with Crippen LogP contribution in [0.1, 0.15) is 13.3 Å². The highest BCUT2D eigenvalue weighted by Gasteiger charge is 2.20. The molecule has 0 fully saturated rings. The maximum Gasteiger partial charge on any atom is 0.0684 e. The van der Waals surface area contributed by atoms with Gasteiger partial charge in [0, 0.05) is 0 Å². The lowest BCUT2D eigenvalue weighted by atomic mass is 10.0. The zero-order chi connectivity index (χ0) is 6.74. The average Bonchev–Trinajstić information content (AvgIpc) is 2.36. The van der Waals surface area contributed by atoms with E-state index in [9.17, 15) is 0 Å². The molecule has 9 heavy (non-hydrogen) atoms. The Morgan fingerprint density at radius 1 is 1.44 bits per heavy atom. The van der Waals surface area contributed by atoms with E-state index >= 15 is 0 Å². The van der Waals surface area contributed by atoms with Crippen molar-refractivity contribution in [1.29, 1.82) is 0 Å². The smallest absolute Gasteiger partial charge is 0.0684 e. The van der Waals surface area contributed by atoms with Crippen LogP contribution in [0.15, 0.2) is 24.3 Å². The van der Waals surface area contributed by atoms with Gasteiger partial charge in [-0.1, -0.05) is 31.2 Å². The molecule has 0 amide bonds. The Balaban J connectivity index is 2.69. The van der Waals surface area contributed by atoms with E-state index in [0.717, 1.165) is 6.42 Å². The number of nitrogens with one attached hydrogen (secondary N) is 1. The number of allylic oxidation sites excluding steroid dienone is 2. The lowest BCUT2D eigenvalue weighted by molar-refractivity contribution is 0.490. The maximum absolute atomic E-state index is 5.33. The van der Waals surface area contributed by atoms with Crippen molar-refractivity contribution in [1.82, 2.24) is 5.43 Å². The second kappa shape index (κ2) is 2.33. The molecular formula is C7H12N2. The van der Waals surface area contributed by atoms with E-state index in [-0.39, 0.29) is 5.54 Å². The molecule has 2 heteroatoms. The minimum Gasteiger partial charge on any atom is -0.270 e. The maximum atomic E-state index is 5.33. The van der Waals surface area contributed by atoms with E-state index in [1.54, 1.807) is 0 Å². The molecule has 3 N–H and O–H groups in total. The minimum absolute atomic E-state index is 0.0556. The van der Waals surface area contributed by atoms with Gasteiger partial charge in [-0.3, -0.25) is 5.84 Å². The van der Waals surface area contributed by atoms with Gasteiger partial charge in [-0.15, -0.1) is 0 Å². The molecule has 0 heterocycles. The number of hydrazine groups is 1. The lowest BCUT2D eigenvalue weighted by Gasteiger charge is -2.21. The number of nitrogens with two attached hydrogens (primary N) is 1. The lowest BCUT2D eigenvalue weighted by Crippen LogP contribution is -2.44. The Bertz CT molecular complexity index is 129. The van der Waals surface area contributed by atoms with Crippen LogP contribution in [0, 0.1) is 0 Å². The SMILES string of the molecule is CCC1(NN)C=CC=C1. The first-order valence-corrected chi connectivity index (χ1v) is 3.18. The molecule has 1 aliphatic rings. The summed E-state index contributed by atoms with van der Waals surface area (Å²) in [5.41, 5.74) is 2.70. The highest BCUT2D eigenvalue weighted by molar-refractivity contribution is 5.29. The van der Waals surface area contributed by atoms with Gasteiger partial charge in [0.15, 0.2) is 0 Å². The van der Waals surface area contributed by atoms with Crippen LogP contribution < -0.4 is 11.3 Å². The molecule has 0 aliphatic heterocycles. The first-order chi connectivity index (χ1) is 4.33. The van der Waals surface area contributed by atoms with Gasteiger partial charge in [0.05, 0.1) is 5.54 Å². The van der Waals surface area contributed by atoms with Crippen LogP contribution in [0.5, 0.6) is 0 Å². The van der Waals surface area contributed by atoms with E-state index in [0.29, 0.717) is 0 Å². The monoisotopic (exact) mass is 124 g/mol. The molecule has 0 aromatic rings. The molecular weight excluding hydrogens is 112 g/mol. The third-order valence-electron chi connectivity index (χ3n) is 1.75. The van der Waals surface area contributed by atoms with Gasteiger partial charge in [0.1, 0.15) is 0 Å². The first kappa shape index (κ1) is 6.52. The van der Waals surface area contributed by atoms with Gasteiger partial charge in [0.25, 0.3) is 0 Å². The molecule has 0 bridgehead atoms. The number of rotatable bonds is 2. The van der Waals surface area contributed by atoms with Crippen molar-refractivity contribution in [3.63, 3.8) is 0 Å². The predicted octanol–water partition coefficient (Wildman–Crippen LogP) is 0.725. The topological polar surface area (TPSA) is 38.0 Å². The van der Waals surface area contributed by atoms with Gasteiger partial charge < -0.3 is 0 Å². The van der Waals surface area contributed by atoms with Crippen molar-refractivity contribution >= 4 is 0 Å². The van der Waals surface area contributed by atoms with Crippen molar-refractivity contribution in [2.24, 2.45) is 5.84 Å². The highest BCUT2D eigenvalue weighted by atomic mass is 15.3. The van der Waals surface area contributed by atoms with Crippen molar-refractivity contribution in [3.8, 4) is 0 Å². The average molecular weight is 124 g/mol. The molecule has 0 radical (unpaired) electrons. The predicted molar refractivity (Wildman–Crippen MR) is 38.6 cm³/mol. The van der Waals surface area contributed by atoms with Crippen molar-refractivity contribution in [3.05, 3.63) is 24.3 Å². The molecule has 2 nitrogen and oxygen atoms in total. The second-order valence-corrected chi connectivity index (χ2v) is 2.26. The molecule has 0 aromatic heterocycles. The Labute approximate surface area is 55.4 Å². The van der Waals surface area contributed by atoms with Crippen LogP contribution in [-0.2, 0) is 0 Å². The van der Waals surface area contributed by atoms with Crippen LogP contribution in [-0.4, -0.2) is 5.54 Å². The first-order valence-electron chi connectivity index (χ1n) is 3.18. The summed E-state index contributed by atoms with van der Waals surface area (Å²) in [5, 5.41) is 0. The summed E-state index contributed by atoms with van der Waals surface area (Å²) < 4.78 is 0. The van der Waals surface area contributed by atoms with E-state index in [1.807, 2.05) is 12.2 Å². The Kier molecular flexibility index (Phi) is 1.69. The molecule has 0 saturated heterocycles. The van der Waals surface area contributed by atoms with Crippen molar-refractivity contribution in [2.75, 3.05) is 0 Å². The molecule has 0 unspecified atom stereocenters. The molecule has 0 aromatic carbocycles. The summed E-state index contributed by atoms with van der Waals surface area (Å²) >= 11 is 0. The highest BCUT2D eigenvalue weighted by Crippen LogP contribution is 2.17. The fraction of sp³-hybridized carbons (Fsp3) is 0.429. The fourth-order valence-electron chi connectivity index (χ4n) is 0.944. The summed E-state index contributed by atoms with van der Waals surface area (Å²) in [7, 11) is 0. The Hall–Kier alpha value is -0.600. The second-order valence-electron chi connectivity index (χ2n) is 2.26. The minimum atomic E-state index is -0.0556. The van der Waals surface area contributed by atoms with Gasteiger partial charge in [-0.05, 0) is 6.42 Å². The molecule has 0 spiro atoms. The third kappa shape index (κ3) is 1.04. The molecule has 50 valence electrons. The molecule has 1 aliphatic carbocycles. The summed E-state index contributed by atoms with van der Waals surface area (Å²) in [6.07, 6.45) is 9.13. The summed E-state index contributed by atoms with van der Waals surface area (Å²) in [6.45, 7) is 2.10. The number of hydrogen-bond donors (Lipinski definition) is 2.